The van der Waals surface area contributed by atoms with E-state index in [2.05, 4.69) is 29.2 Å². The maximum absolute atomic E-state index is 12.7. The molecule has 1 N–H and O–H groups in total. The summed E-state index contributed by atoms with van der Waals surface area (Å²) >= 11 is 0. The van der Waals surface area contributed by atoms with Crippen LogP contribution >= 0.6 is 0 Å². The molecular weight excluding hydrogens is 412 g/mol. The number of carbonyl (C=O) groups excluding carboxylic acids is 1. The molecule has 6 nitrogen and oxygen atoms in total. The lowest BCUT2D eigenvalue weighted by Gasteiger charge is -2.37. The van der Waals surface area contributed by atoms with Gasteiger partial charge >= 0.3 is 0 Å². The van der Waals surface area contributed by atoms with E-state index in [0.29, 0.717) is 17.3 Å². The minimum Gasteiger partial charge on any atom is -0.454 e. The highest BCUT2D eigenvalue weighted by atomic mass is 16.5. The molecule has 33 heavy (non-hydrogen) atoms. The molecular formula is C27H28N4O2. The molecule has 0 spiro atoms. The molecule has 2 aliphatic rings. The predicted molar refractivity (Wildman–Crippen MR) is 132 cm³/mol. The highest BCUT2D eigenvalue weighted by molar-refractivity contribution is 6.07. The van der Waals surface area contributed by atoms with Gasteiger partial charge in [0.25, 0.3) is 5.91 Å². The number of fused-ring (bicyclic) bond motifs is 2. The van der Waals surface area contributed by atoms with Gasteiger partial charge in [-0.2, -0.15) is 0 Å². The van der Waals surface area contributed by atoms with Crippen molar-refractivity contribution in [2.24, 2.45) is 4.99 Å². The molecule has 1 fully saturated rings. The molecule has 2 heterocycles. The molecule has 0 saturated carbocycles. The van der Waals surface area contributed by atoms with Crippen molar-refractivity contribution in [3.63, 3.8) is 0 Å². The van der Waals surface area contributed by atoms with Crippen LogP contribution in [0.5, 0.6) is 11.5 Å². The van der Waals surface area contributed by atoms with Crippen molar-refractivity contribution in [1.82, 2.24) is 9.80 Å². The van der Waals surface area contributed by atoms with Crippen LogP contribution in [-0.4, -0.2) is 54.8 Å². The Morgan fingerprint density at radius 2 is 1.70 bits per heavy atom. The Labute approximate surface area is 194 Å². The molecule has 3 aromatic carbocycles. The van der Waals surface area contributed by atoms with Gasteiger partial charge < -0.3 is 19.9 Å². The zero-order valence-electron chi connectivity index (χ0n) is 19.0. The number of carbonyl (C=O) groups is 1. The summed E-state index contributed by atoms with van der Waals surface area (Å²) in [6.07, 6.45) is 2.16. The van der Waals surface area contributed by atoms with Crippen molar-refractivity contribution >= 4 is 23.1 Å². The fraction of sp³-hybridized carbons (Fsp3) is 0.259. The number of nitrogens with zero attached hydrogens (tertiary/aromatic N) is 3. The zero-order chi connectivity index (χ0) is 22.8. The Morgan fingerprint density at radius 1 is 0.970 bits per heavy atom. The quantitative estimate of drug-likeness (QED) is 0.612. The first-order chi connectivity index (χ1) is 16.1. The van der Waals surface area contributed by atoms with E-state index < -0.39 is 0 Å². The first-order valence-electron chi connectivity index (χ1n) is 11.4. The summed E-state index contributed by atoms with van der Waals surface area (Å²) in [7, 11) is 4.29. The summed E-state index contributed by atoms with van der Waals surface area (Å²) in [5.74, 6) is 2.23. The first-order valence-corrected chi connectivity index (χ1v) is 11.4. The van der Waals surface area contributed by atoms with Crippen LogP contribution in [0.25, 0.3) is 0 Å². The summed E-state index contributed by atoms with van der Waals surface area (Å²) in [6.45, 7) is 1.84. The molecule has 0 bridgehead atoms. The second-order valence-corrected chi connectivity index (χ2v) is 8.72. The summed E-state index contributed by atoms with van der Waals surface area (Å²) in [5, 5.41) is 3.02. The third-order valence-electron chi connectivity index (χ3n) is 6.32. The number of hydrogen-bond donors (Lipinski definition) is 1. The van der Waals surface area contributed by atoms with Gasteiger partial charge in [-0.15, -0.1) is 0 Å². The van der Waals surface area contributed by atoms with Crippen LogP contribution < -0.4 is 10.1 Å². The van der Waals surface area contributed by atoms with Crippen LogP contribution in [0.4, 0.5) is 11.4 Å². The molecule has 0 atom stereocenters. The van der Waals surface area contributed by atoms with Crippen molar-refractivity contribution in [2.75, 3.05) is 32.5 Å². The normalized spacial score (nSPS) is 15.7. The fourth-order valence-electron chi connectivity index (χ4n) is 4.43. The van der Waals surface area contributed by atoms with E-state index in [0.717, 1.165) is 54.5 Å². The molecule has 0 radical (unpaired) electrons. The van der Waals surface area contributed by atoms with Crippen molar-refractivity contribution in [2.45, 2.75) is 18.9 Å². The Morgan fingerprint density at radius 3 is 2.45 bits per heavy atom. The fourth-order valence-corrected chi connectivity index (χ4v) is 4.43. The number of anilines is 1. The van der Waals surface area contributed by atoms with Crippen molar-refractivity contribution < 1.29 is 9.53 Å². The van der Waals surface area contributed by atoms with Gasteiger partial charge in [0.05, 0.1) is 5.56 Å². The predicted octanol–water partition coefficient (Wildman–Crippen LogP) is 5.15. The minimum atomic E-state index is -0.140. The highest BCUT2D eigenvalue weighted by Crippen LogP contribution is 2.39. The first kappa shape index (κ1) is 21.2. The maximum atomic E-state index is 12.7. The lowest BCUT2D eigenvalue weighted by Crippen LogP contribution is -2.44. The molecule has 0 unspecified atom stereocenters. The van der Waals surface area contributed by atoms with Crippen molar-refractivity contribution in [1.29, 1.82) is 0 Å². The van der Waals surface area contributed by atoms with E-state index in [4.69, 9.17) is 9.73 Å². The summed E-state index contributed by atoms with van der Waals surface area (Å²) in [4.78, 5) is 22.4. The van der Waals surface area contributed by atoms with Gasteiger partial charge in [0, 0.05) is 30.4 Å². The third-order valence-corrected chi connectivity index (χ3v) is 6.32. The Hall–Kier alpha value is -3.64. The van der Waals surface area contributed by atoms with E-state index in [1.54, 1.807) is 12.1 Å². The minimum absolute atomic E-state index is 0.140. The number of aliphatic imine (C=N–C) groups is 1. The summed E-state index contributed by atoms with van der Waals surface area (Å²) in [5.41, 5.74) is 3.04. The lowest BCUT2D eigenvalue weighted by atomic mass is 10.0. The number of ether oxygens (including phenoxy) is 1. The number of likely N-dealkylation sites (tertiary alicyclic amines) is 1. The van der Waals surface area contributed by atoms with Gasteiger partial charge in [-0.25, -0.2) is 4.99 Å². The molecule has 3 aromatic rings. The van der Waals surface area contributed by atoms with Crippen LogP contribution in [0.3, 0.4) is 0 Å². The molecule has 5 rings (SSSR count). The summed E-state index contributed by atoms with van der Waals surface area (Å²) in [6, 6.07) is 23.4. The van der Waals surface area contributed by atoms with Crippen molar-refractivity contribution in [3.8, 4) is 11.5 Å². The molecule has 1 saturated heterocycles. The van der Waals surface area contributed by atoms with Crippen LogP contribution in [0, 0.1) is 0 Å². The highest BCUT2D eigenvalue weighted by Gasteiger charge is 2.27. The van der Waals surface area contributed by atoms with E-state index in [-0.39, 0.29) is 5.91 Å². The number of para-hydroxylation sites is 2. The largest absolute Gasteiger partial charge is 0.454 e. The Bertz CT molecular complexity index is 1180. The SMILES string of the molecule is CN(C)C1CCN(C2=Nc3ccccc3Oc3ccc(NC(=O)c4ccccc4)cc32)CC1. The molecule has 2 aliphatic heterocycles. The number of amides is 1. The molecule has 6 heteroatoms. The molecule has 168 valence electrons. The second kappa shape index (κ2) is 9.08. The monoisotopic (exact) mass is 440 g/mol. The maximum Gasteiger partial charge on any atom is 0.255 e. The second-order valence-electron chi connectivity index (χ2n) is 8.72. The molecule has 0 aliphatic carbocycles. The molecule has 0 aromatic heterocycles. The topological polar surface area (TPSA) is 57.2 Å². The van der Waals surface area contributed by atoms with Gasteiger partial charge in [-0.3, -0.25) is 4.79 Å². The Balaban J connectivity index is 1.49. The number of amidine groups is 1. The van der Waals surface area contributed by atoms with Gasteiger partial charge in [0.1, 0.15) is 17.3 Å². The average molecular weight is 441 g/mol. The summed E-state index contributed by atoms with van der Waals surface area (Å²) < 4.78 is 6.27. The van der Waals surface area contributed by atoms with E-state index in [9.17, 15) is 4.79 Å². The zero-order valence-corrected chi connectivity index (χ0v) is 19.0. The smallest absolute Gasteiger partial charge is 0.255 e. The third kappa shape index (κ3) is 4.47. The number of nitrogens with one attached hydrogen (secondary N) is 1. The molecule has 1 amide bonds. The van der Waals surface area contributed by atoms with E-state index in [1.165, 1.54) is 0 Å². The van der Waals surface area contributed by atoms with Gasteiger partial charge in [0.15, 0.2) is 5.75 Å². The Kier molecular flexibility index (Phi) is 5.84. The number of rotatable bonds is 3. The van der Waals surface area contributed by atoms with Crippen LogP contribution in [-0.2, 0) is 0 Å². The van der Waals surface area contributed by atoms with Crippen LogP contribution in [0.15, 0.2) is 77.8 Å². The van der Waals surface area contributed by atoms with Gasteiger partial charge in [-0.1, -0.05) is 30.3 Å². The van der Waals surface area contributed by atoms with E-state index >= 15 is 0 Å². The number of hydrogen-bond acceptors (Lipinski definition) is 5. The van der Waals surface area contributed by atoms with Crippen molar-refractivity contribution in [3.05, 3.63) is 83.9 Å². The lowest BCUT2D eigenvalue weighted by molar-refractivity contribution is 0.102. The average Bonchev–Trinajstić information content (AvgIpc) is 3.01. The van der Waals surface area contributed by atoms with Crippen LogP contribution in [0.1, 0.15) is 28.8 Å². The number of benzene rings is 3. The number of piperidine rings is 1. The van der Waals surface area contributed by atoms with Gasteiger partial charge in [0.2, 0.25) is 0 Å². The van der Waals surface area contributed by atoms with Crippen LogP contribution in [0.2, 0.25) is 0 Å². The van der Waals surface area contributed by atoms with E-state index in [1.807, 2.05) is 60.7 Å². The van der Waals surface area contributed by atoms with Gasteiger partial charge in [-0.05, 0) is 69.4 Å². The standard InChI is InChI=1S/C27H28N4O2/c1-30(2)21-14-16-31(17-15-21)26-22-18-20(28-27(32)19-8-4-3-5-9-19)12-13-24(22)33-25-11-7-6-10-23(25)29-26/h3-13,18,21H,14-17H2,1-2H3,(H,28,32).